The molecule has 0 aliphatic carbocycles. The molecule has 0 bridgehead atoms. The SMILES string of the molecule is NCC(O)CNc1nc(-c2ccc(-c3ccccc3F)cc2)cc2ncccc12. The maximum Gasteiger partial charge on any atom is 0.136 e. The van der Waals surface area contributed by atoms with Gasteiger partial charge in [0.15, 0.2) is 0 Å². The number of pyridine rings is 2. The average Bonchev–Trinajstić information content (AvgIpc) is 2.77. The highest BCUT2D eigenvalue weighted by molar-refractivity contribution is 5.92. The van der Waals surface area contributed by atoms with E-state index in [0.29, 0.717) is 17.9 Å². The predicted octanol–water partition coefficient (Wildman–Crippen LogP) is 3.83. The molecule has 0 aliphatic heterocycles. The number of rotatable bonds is 6. The lowest BCUT2D eigenvalue weighted by atomic mass is 10.0. The van der Waals surface area contributed by atoms with Crippen molar-refractivity contribution in [2.75, 3.05) is 18.4 Å². The molecule has 0 spiro atoms. The van der Waals surface area contributed by atoms with E-state index in [4.69, 9.17) is 10.7 Å². The van der Waals surface area contributed by atoms with Crippen LogP contribution >= 0.6 is 0 Å². The molecule has 4 rings (SSSR count). The summed E-state index contributed by atoms with van der Waals surface area (Å²) in [6.45, 7) is 0.462. The van der Waals surface area contributed by atoms with Crippen molar-refractivity contribution < 1.29 is 9.50 Å². The van der Waals surface area contributed by atoms with Crippen molar-refractivity contribution in [1.82, 2.24) is 9.97 Å². The van der Waals surface area contributed by atoms with E-state index >= 15 is 0 Å². The zero-order chi connectivity index (χ0) is 20.2. The van der Waals surface area contributed by atoms with Crippen molar-refractivity contribution >= 4 is 16.7 Å². The molecule has 0 saturated heterocycles. The van der Waals surface area contributed by atoms with Gasteiger partial charge in [-0.25, -0.2) is 9.37 Å². The van der Waals surface area contributed by atoms with E-state index in [1.807, 2.05) is 48.5 Å². The number of halogens is 1. The highest BCUT2D eigenvalue weighted by Crippen LogP contribution is 2.29. The van der Waals surface area contributed by atoms with Gasteiger partial charge in [0, 0.05) is 35.8 Å². The number of hydrogen-bond donors (Lipinski definition) is 3. The highest BCUT2D eigenvalue weighted by Gasteiger charge is 2.11. The summed E-state index contributed by atoms with van der Waals surface area (Å²) in [5.41, 5.74) is 9.27. The zero-order valence-corrected chi connectivity index (χ0v) is 15.7. The van der Waals surface area contributed by atoms with Gasteiger partial charge in [0.05, 0.1) is 17.3 Å². The minimum Gasteiger partial charge on any atom is -0.390 e. The molecule has 0 aliphatic rings. The van der Waals surface area contributed by atoms with E-state index in [0.717, 1.165) is 27.7 Å². The molecule has 4 aromatic rings. The third-order valence-electron chi connectivity index (χ3n) is 4.74. The molecule has 4 N–H and O–H groups in total. The van der Waals surface area contributed by atoms with Crippen LogP contribution in [0.2, 0.25) is 0 Å². The van der Waals surface area contributed by atoms with Gasteiger partial charge < -0.3 is 16.2 Å². The van der Waals surface area contributed by atoms with Crippen LogP contribution in [-0.2, 0) is 0 Å². The Morgan fingerprint density at radius 2 is 1.76 bits per heavy atom. The normalized spacial score (nSPS) is 12.1. The molecule has 0 amide bonds. The summed E-state index contributed by atoms with van der Waals surface area (Å²) in [4.78, 5) is 9.16. The largest absolute Gasteiger partial charge is 0.390 e. The second-order valence-electron chi connectivity index (χ2n) is 6.75. The van der Waals surface area contributed by atoms with Crippen LogP contribution in [0.15, 0.2) is 72.9 Å². The number of hydrogen-bond acceptors (Lipinski definition) is 5. The Morgan fingerprint density at radius 1 is 1.00 bits per heavy atom. The number of aromatic nitrogens is 2. The summed E-state index contributed by atoms with van der Waals surface area (Å²) < 4.78 is 14.0. The van der Waals surface area contributed by atoms with Crippen LogP contribution in [0.3, 0.4) is 0 Å². The van der Waals surface area contributed by atoms with E-state index in [1.54, 1.807) is 18.3 Å². The van der Waals surface area contributed by atoms with Crippen LogP contribution in [0.1, 0.15) is 0 Å². The van der Waals surface area contributed by atoms with Gasteiger partial charge in [0.2, 0.25) is 0 Å². The first kappa shape index (κ1) is 19.0. The molecule has 1 atom stereocenters. The number of nitrogens with two attached hydrogens (primary N) is 1. The topological polar surface area (TPSA) is 84.1 Å². The van der Waals surface area contributed by atoms with Gasteiger partial charge in [-0.1, -0.05) is 42.5 Å². The molecule has 29 heavy (non-hydrogen) atoms. The Bertz CT molecular complexity index is 1130. The van der Waals surface area contributed by atoms with Crippen molar-refractivity contribution in [3.8, 4) is 22.4 Å². The number of aliphatic hydroxyl groups excluding tert-OH is 1. The number of aliphatic hydroxyl groups is 1. The molecular formula is C23H21FN4O. The summed E-state index contributed by atoms with van der Waals surface area (Å²) in [6, 6.07) is 20.0. The van der Waals surface area contributed by atoms with Crippen molar-refractivity contribution in [1.29, 1.82) is 0 Å². The van der Waals surface area contributed by atoms with Crippen LogP contribution in [0.4, 0.5) is 10.2 Å². The van der Waals surface area contributed by atoms with Crippen molar-refractivity contribution in [2.24, 2.45) is 5.73 Å². The van der Waals surface area contributed by atoms with E-state index in [9.17, 15) is 9.50 Å². The minimum absolute atomic E-state index is 0.167. The maximum absolute atomic E-state index is 14.0. The number of nitrogens with zero attached hydrogens (tertiary/aromatic N) is 2. The van der Waals surface area contributed by atoms with Gasteiger partial charge in [-0.05, 0) is 29.8 Å². The number of benzene rings is 2. The van der Waals surface area contributed by atoms with Gasteiger partial charge in [-0.2, -0.15) is 0 Å². The number of anilines is 1. The molecule has 0 fully saturated rings. The highest BCUT2D eigenvalue weighted by atomic mass is 19.1. The molecule has 2 heterocycles. The first-order valence-electron chi connectivity index (χ1n) is 9.39. The lowest BCUT2D eigenvalue weighted by molar-refractivity contribution is 0.196. The van der Waals surface area contributed by atoms with E-state index < -0.39 is 6.10 Å². The maximum atomic E-state index is 14.0. The monoisotopic (exact) mass is 388 g/mol. The Kier molecular flexibility index (Phi) is 5.46. The summed E-state index contributed by atoms with van der Waals surface area (Å²) in [5, 5.41) is 13.8. The fourth-order valence-corrected chi connectivity index (χ4v) is 3.17. The van der Waals surface area contributed by atoms with Crippen molar-refractivity contribution in [3.63, 3.8) is 0 Å². The fourth-order valence-electron chi connectivity index (χ4n) is 3.17. The Balaban J connectivity index is 1.71. The Hall–Kier alpha value is -3.35. The second kappa shape index (κ2) is 8.34. The third kappa shape index (κ3) is 4.08. The molecule has 5 nitrogen and oxygen atoms in total. The first-order chi connectivity index (χ1) is 14.2. The molecule has 6 heteroatoms. The number of nitrogens with one attached hydrogen (secondary N) is 1. The predicted molar refractivity (Wildman–Crippen MR) is 114 cm³/mol. The molecule has 2 aromatic carbocycles. The van der Waals surface area contributed by atoms with E-state index in [2.05, 4.69) is 10.3 Å². The average molecular weight is 388 g/mol. The van der Waals surface area contributed by atoms with Crippen LogP contribution in [0, 0.1) is 5.82 Å². The number of fused-ring (bicyclic) bond motifs is 1. The van der Waals surface area contributed by atoms with Crippen molar-refractivity contribution in [3.05, 3.63) is 78.7 Å². The van der Waals surface area contributed by atoms with Crippen molar-refractivity contribution in [2.45, 2.75) is 6.10 Å². The lowest BCUT2D eigenvalue weighted by Crippen LogP contribution is -2.28. The van der Waals surface area contributed by atoms with Crippen LogP contribution in [0.25, 0.3) is 33.3 Å². The molecule has 1 unspecified atom stereocenters. The minimum atomic E-state index is -0.660. The van der Waals surface area contributed by atoms with Gasteiger partial charge in [0.1, 0.15) is 11.6 Å². The van der Waals surface area contributed by atoms with Gasteiger partial charge in [-0.15, -0.1) is 0 Å². The Labute approximate surface area is 168 Å². The van der Waals surface area contributed by atoms with E-state index in [1.165, 1.54) is 6.07 Å². The summed E-state index contributed by atoms with van der Waals surface area (Å²) >= 11 is 0. The smallest absolute Gasteiger partial charge is 0.136 e. The molecular weight excluding hydrogens is 367 g/mol. The summed E-state index contributed by atoms with van der Waals surface area (Å²) in [5.74, 6) is 0.384. The zero-order valence-electron chi connectivity index (χ0n) is 15.7. The second-order valence-corrected chi connectivity index (χ2v) is 6.75. The molecule has 0 radical (unpaired) electrons. The fraction of sp³-hybridized carbons (Fsp3) is 0.130. The van der Waals surface area contributed by atoms with Gasteiger partial charge in [-0.3, -0.25) is 4.98 Å². The lowest BCUT2D eigenvalue weighted by Gasteiger charge is -2.14. The van der Waals surface area contributed by atoms with Crippen LogP contribution < -0.4 is 11.1 Å². The van der Waals surface area contributed by atoms with Crippen LogP contribution in [0.5, 0.6) is 0 Å². The molecule has 2 aromatic heterocycles. The Morgan fingerprint density at radius 3 is 2.52 bits per heavy atom. The quantitative estimate of drug-likeness (QED) is 0.467. The van der Waals surface area contributed by atoms with Gasteiger partial charge in [0.25, 0.3) is 0 Å². The first-order valence-corrected chi connectivity index (χ1v) is 9.39. The summed E-state index contributed by atoms with van der Waals surface area (Å²) in [6.07, 6.45) is 1.07. The standard InChI is InChI=1S/C23H21FN4O/c24-20-6-2-1-4-18(20)15-7-9-16(10-8-15)21-12-22-19(5-3-11-26-22)23(28-21)27-14-17(29)13-25/h1-12,17,29H,13-14,25H2,(H,27,28). The van der Waals surface area contributed by atoms with E-state index in [-0.39, 0.29) is 12.4 Å². The van der Waals surface area contributed by atoms with Gasteiger partial charge >= 0.3 is 0 Å². The molecule has 146 valence electrons. The summed E-state index contributed by atoms with van der Waals surface area (Å²) in [7, 11) is 0. The van der Waals surface area contributed by atoms with Crippen LogP contribution in [-0.4, -0.2) is 34.3 Å². The third-order valence-corrected chi connectivity index (χ3v) is 4.74. The molecule has 0 saturated carbocycles.